The molecule has 19 heavy (non-hydrogen) atoms. The fourth-order valence-electron chi connectivity index (χ4n) is 1.18. The van der Waals surface area contributed by atoms with Gasteiger partial charge in [-0.25, -0.2) is 5.43 Å². The van der Waals surface area contributed by atoms with Crippen LogP contribution in [0.25, 0.3) is 0 Å². The van der Waals surface area contributed by atoms with Gasteiger partial charge in [-0.2, -0.15) is 5.10 Å². The van der Waals surface area contributed by atoms with Gasteiger partial charge >= 0.3 is 0 Å². The molecular weight excluding hydrogens is 310 g/mol. The average Bonchev–Trinajstić information content (AvgIpc) is 2.42. The molecule has 0 bridgehead atoms. The molecule has 1 aromatic rings. The number of nitrogens with one attached hydrogen (secondary N) is 2. The van der Waals surface area contributed by atoms with E-state index in [0.29, 0.717) is 10.0 Å². The fourth-order valence-corrected chi connectivity index (χ4v) is 1.64. The van der Waals surface area contributed by atoms with Crippen LogP contribution in [0.1, 0.15) is 30.6 Å². The number of carbonyl (C=O) groups excluding carboxylic acids is 2. The monoisotopic (exact) mass is 325 g/mol. The summed E-state index contributed by atoms with van der Waals surface area (Å²) in [5.41, 5.74) is 3.69. The normalized spacial score (nSPS) is 11.0. The molecule has 0 aliphatic heterocycles. The second-order valence-corrected chi connectivity index (χ2v) is 4.75. The lowest BCUT2D eigenvalue weighted by Gasteiger charge is -2.06. The van der Waals surface area contributed by atoms with Crippen molar-refractivity contribution in [1.82, 2.24) is 10.7 Å². The lowest BCUT2D eigenvalue weighted by atomic mass is 10.2. The average molecular weight is 326 g/mol. The minimum Gasteiger partial charge on any atom is -0.343 e. The van der Waals surface area contributed by atoms with Crippen molar-refractivity contribution < 1.29 is 9.59 Å². The van der Waals surface area contributed by atoms with Crippen LogP contribution in [0.15, 0.2) is 33.8 Å². The molecule has 1 rings (SSSR count). The lowest BCUT2D eigenvalue weighted by Crippen LogP contribution is -2.35. The summed E-state index contributed by atoms with van der Waals surface area (Å²) < 4.78 is 0.688. The summed E-state index contributed by atoms with van der Waals surface area (Å²) in [6.45, 7) is 3.65. The highest BCUT2D eigenvalue weighted by molar-refractivity contribution is 9.10. The Kier molecular flexibility index (Phi) is 6.21. The van der Waals surface area contributed by atoms with E-state index < -0.39 is 0 Å². The van der Waals surface area contributed by atoms with Crippen LogP contribution in [0.3, 0.4) is 0 Å². The first-order valence-electron chi connectivity index (χ1n) is 5.89. The number of nitrogens with zero attached hydrogens (tertiary/aromatic N) is 1. The number of hydrogen-bond donors (Lipinski definition) is 2. The van der Waals surface area contributed by atoms with E-state index in [4.69, 9.17) is 0 Å². The second-order valence-electron chi connectivity index (χ2n) is 3.90. The van der Waals surface area contributed by atoms with E-state index in [1.807, 2.05) is 19.9 Å². The van der Waals surface area contributed by atoms with Gasteiger partial charge in [-0.3, -0.25) is 9.59 Å². The Morgan fingerprint density at radius 1 is 1.32 bits per heavy atom. The van der Waals surface area contributed by atoms with E-state index in [-0.39, 0.29) is 18.4 Å². The molecule has 102 valence electrons. The highest BCUT2D eigenvalue weighted by atomic mass is 79.9. The number of halogens is 1. The van der Waals surface area contributed by atoms with E-state index in [1.165, 1.54) is 0 Å². The van der Waals surface area contributed by atoms with Crippen molar-refractivity contribution in [2.45, 2.75) is 20.3 Å². The molecular formula is C13H16BrN3O2. The molecule has 2 N–H and O–H groups in total. The van der Waals surface area contributed by atoms with Gasteiger partial charge < -0.3 is 5.32 Å². The Bertz CT molecular complexity index is 500. The third-order valence-corrected chi connectivity index (χ3v) is 3.10. The summed E-state index contributed by atoms with van der Waals surface area (Å²) in [6, 6.07) is 7.02. The van der Waals surface area contributed by atoms with E-state index in [9.17, 15) is 9.59 Å². The zero-order valence-corrected chi connectivity index (χ0v) is 12.5. The Morgan fingerprint density at radius 3 is 2.63 bits per heavy atom. The molecule has 0 atom stereocenters. The van der Waals surface area contributed by atoms with Crippen molar-refractivity contribution in [1.29, 1.82) is 0 Å². The first-order chi connectivity index (χ1) is 9.04. The van der Waals surface area contributed by atoms with Gasteiger partial charge in [0.05, 0.1) is 12.1 Å². The van der Waals surface area contributed by atoms with Crippen LogP contribution in [0, 0.1) is 0 Å². The molecule has 0 fully saturated rings. The molecule has 0 radical (unpaired) electrons. The molecule has 0 aliphatic carbocycles. The number of hydrogen-bond acceptors (Lipinski definition) is 3. The maximum Gasteiger partial charge on any atom is 0.259 e. The van der Waals surface area contributed by atoms with E-state index >= 15 is 0 Å². The van der Waals surface area contributed by atoms with Crippen molar-refractivity contribution in [2.24, 2.45) is 5.10 Å². The highest BCUT2D eigenvalue weighted by Crippen LogP contribution is 2.15. The van der Waals surface area contributed by atoms with Gasteiger partial charge in [0.1, 0.15) is 0 Å². The predicted molar refractivity (Wildman–Crippen MR) is 78.0 cm³/mol. The number of hydrazone groups is 1. The van der Waals surface area contributed by atoms with Gasteiger partial charge in [-0.15, -0.1) is 0 Å². The standard InChI is InChI=1S/C13H16BrN3O2/c1-3-9(2)16-17-12(18)8-15-13(19)10-6-4-5-7-11(10)14/h4-7H,3,8H2,1-2H3,(H,15,19)(H,17,18). The molecule has 6 heteroatoms. The Hall–Kier alpha value is -1.69. The van der Waals surface area contributed by atoms with Gasteiger partial charge in [0, 0.05) is 10.2 Å². The first-order valence-corrected chi connectivity index (χ1v) is 6.68. The van der Waals surface area contributed by atoms with Gasteiger partial charge in [-0.05, 0) is 41.4 Å². The van der Waals surface area contributed by atoms with Crippen LogP contribution >= 0.6 is 15.9 Å². The molecule has 5 nitrogen and oxygen atoms in total. The number of carbonyl (C=O) groups is 2. The summed E-state index contributed by atoms with van der Waals surface area (Å²) in [6.07, 6.45) is 0.767. The van der Waals surface area contributed by atoms with Crippen LogP contribution in [-0.4, -0.2) is 24.1 Å². The smallest absolute Gasteiger partial charge is 0.259 e. The van der Waals surface area contributed by atoms with Gasteiger partial charge in [0.25, 0.3) is 11.8 Å². The largest absolute Gasteiger partial charge is 0.343 e. The minimum atomic E-state index is -0.354. The first kappa shape index (κ1) is 15.4. The van der Waals surface area contributed by atoms with Crippen molar-refractivity contribution in [2.75, 3.05) is 6.54 Å². The quantitative estimate of drug-likeness (QED) is 0.642. The molecule has 0 spiro atoms. The summed E-state index contributed by atoms with van der Waals surface area (Å²) in [5, 5.41) is 6.40. The van der Waals surface area contributed by atoms with Crippen LogP contribution < -0.4 is 10.7 Å². The zero-order chi connectivity index (χ0) is 14.3. The van der Waals surface area contributed by atoms with Crippen LogP contribution in [-0.2, 0) is 4.79 Å². The Labute approximate surface area is 120 Å². The molecule has 0 heterocycles. The minimum absolute atomic E-state index is 0.110. The predicted octanol–water partition coefficient (Wildman–Crippen LogP) is 2.08. The Balaban J connectivity index is 2.47. The molecule has 0 saturated heterocycles. The van der Waals surface area contributed by atoms with Gasteiger partial charge in [0.15, 0.2) is 0 Å². The van der Waals surface area contributed by atoms with Crippen LogP contribution in [0.2, 0.25) is 0 Å². The third-order valence-electron chi connectivity index (χ3n) is 2.41. The number of benzene rings is 1. The van der Waals surface area contributed by atoms with Gasteiger partial charge in [-0.1, -0.05) is 19.1 Å². The maximum absolute atomic E-state index is 11.8. The molecule has 2 amide bonds. The second kappa shape index (κ2) is 7.68. The van der Waals surface area contributed by atoms with Crippen molar-refractivity contribution in [3.63, 3.8) is 0 Å². The third kappa shape index (κ3) is 5.21. The summed E-state index contributed by atoms with van der Waals surface area (Å²) in [7, 11) is 0. The summed E-state index contributed by atoms with van der Waals surface area (Å²) >= 11 is 3.28. The van der Waals surface area contributed by atoms with E-state index in [2.05, 4.69) is 31.8 Å². The van der Waals surface area contributed by atoms with Crippen molar-refractivity contribution >= 4 is 33.5 Å². The summed E-state index contributed by atoms with van der Waals surface area (Å²) in [4.78, 5) is 23.2. The number of rotatable bonds is 5. The van der Waals surface area contributed by atoms with Crippen LogP contribution in [0.5, 0.6) is 0 Å². The SMILES string of the molecule is CCC(C)=NNC(=O)CNC(=O)c1ccccc1Br. The Morgan fingerprint density at radius 2 is 2.00 bits per heavy atom. The molecule has 0 aliphatic rings. The summed E-state index contributed by atoms with van der Waals surface area (Å²) in [5.74, 6) is -0.660. The molecule has 0 saturated carbocycles. The molecule has 0 unspecified atom stereocenters. The van der Waals surface area contributed by atoms with Crippen LogP contribution in [0.4, 0.5) is 0 Å². The highest BCUT2D eigenvalue weighted by Gasteiger charge is 2.10. The molecule has 0 aromatic heterocycles. The van der Waals surface area contributed by atoms with E-state index in [1.54, 1.807) is 18.2 Å². The van der Waals surface area contributed by atoms with Crippen molar-refractivity contribution in [3.8, 4) is 0 Å². The zero-order valence-electron chi connectivity index (χ0n) is 10.9. The number of amides is 2. The van der Waals surface area contributed by atoms with Gasteiger partial charge in [0.2, 0.25) is 0 Å². The molecule has 1 aromatic carbocycles. The fraction of sp³-hybridized carbons (Fsp3) is 0.308. The topological polar surface area (TPSA) is 70.6 Å². The van der Waals surface area contributed by atoms with E-state index in [0.717, 1.165) is 12.1 Å². The van der Waals surface area contributed by atoms with Crippen molar-refractivity contribution in [3.05, 3.63) is 34.3 Å². The maximum atomic E-state index is 11.8. The lowest BCUT2D eigenvalue weighted by molar-refractivity contribution is -0.120.